The quantitative estimate of drug-likeness (QED) is 0.454. The van der Waals surface area contributed by atoms with Crippen LogP contribution in [0, 0.1) is 6.92 Å². The Kier molecular flexibility index (Phi) is 5.71. The number of phenols is 2. The zero-order valence-electron chi connectivity index (χ0n) is 14.6. The first-order valence-electron chi connectivity index (χ1n) is 7.92. The van der Waals surface area contributed by atoms with Gasteiger partial charge in [-0.25, -0.2) is 14.4 Å². The summed E-state index contributed by atoms with van der Waals surface area (Å²) < 4.78 is 10.0. The SMILES string of the molecule is CCOC(=O)C1=C(COC(=O)c2ccc(C)c(O)c2O)NC(=O)NC1C. The maximum Gasteiger partial charge on any atom is 0.342 e. The van der Waals surface area contributed by atoms with Gasteiger partial charge in [-0.3, -0.25) is 0 Å². The van der Waals surface area contributed by atoms with Crippen molar-refractivity contribution in [2.45, 2.75) is 26.8 Å². The van der Waals surface area contributed by atoms with Gasteiger partial charge in [0.05, 0.1) is 23.9 Å². The maximum atomic E-state index is 12.2. The first kappa shape index (κ1) is 19.1. The van der Waals surface area contributed by atoms with Crippen molar-refractivity contribution in [3.05, 3.63) is 34.5 Å². The van der Waals surface area contributed by atoms with Crippen LogP contribution in [-0.2, 0) is 14.3 Å². The topological polar surface area (TPSA) is 134 Å². The second-order valence-electron chi connectivity index (χ2n) is 5.64. The van der Waals surface area contributed by atoms with Crippen LogP contribution in [0.4, 0.5) is 4.79 Å². The molecule has 9 nitrogen and oxygen atoms in total. The van der Waals surface area contributed by atoms with Crippen molar-refractivity contribution in [3.63, 3.8) is 0 Å². The highest BCUT2D eigenvalue weighted by molar-refractivity contribution is 5.96. The molecule has 0 aliphatic carbocycles. The van der Waals surface area contributed by atoms with Gasteiger partial charge in [0.15, 0.2) is 11.5 Å². The Hall–Kier alpha value is -3.23. The molecule has 1 aliphatic heterocycles. The van der Waals surface area contributed by atoms with E-state index in [1.54, 1.807) is 20.8 Å². The molecule has 2 rings (SSSR count). The van der Waals surface area contributed by atoms with Crippen LogP contribution in [0.5, 0.6) is 11.5 Å². The minimum Gasteiger partial charge on any atom is -0.504 e. The number of ether oxygens (including phenoxy) is 2. The Balaban J connectivity index is 2.23. The molecular weight excluding hydrogens is 344 g/mol. The van der Waals surface area contributed by atoms with E-state index < -0.39 is 42.1 Å². The smallest absolute Gasteiger partial charge is 0.342 e. The van der Waals surface area contributed by atoms with Crippen LogP contribution < -0.4 is 10.6 Å². The van der Waals surface area contributed by atoms with E-state index in [-0.39, 0.29) is 23.4 Å². The van der Waals surface area contributed by atoms with E-state index in [1.165, 1.54) is 12.1 Å². The third-order valence-electron chi connectivity index (χ3n) is 3.79. The summed E-state index contributed by atoms with van der Waals surface area (Å²) in [4.78, 5) is 35.9. The number of amides is 2. The Labute approximate surface area is 149 Å². The third-order valence-corrected chi connectivity index (χ3v) is 3.79. The summed E-state index contributed by atoms with van der Waals surface area (Å²) in [5.41, 5.74) is 0.379. The third kappa shape index (κ3) is 3.88. The van der Waals surface area contributed by atoms with Crippen LogP contribution in [0.15, 0.2) is 23.4 Å². The molecule has 4 N–H and O–H groups in total. The van der Waals surface area contributed by atoms with Gasteiger partial charge in [0.2, 0.25) is 0 Å². The monoisotopic (exact) mass is 364 g/mol. The first-order valence-corrected chi connectivity index (χ1v) is 7.92. The van der Waals surface area contributed by atoms with Crippen LogP contribution in [-0.4, -0.2) is 47.4 Å². The molecule has 9 heteroatoms. The molecule has 1 aliphatic rings. The fourth-order valence-electron chi connectivity index (χ4n) is 2.45. The number of nitrogens with one attached hydrogen (secondary N) is 2. The Bertz CT molecular complexity index is 786. The lowest BCUT2D eigenvalue weighted by Gasteiger charge is -2.26. The largest absolute Gasteiger partial charge is 0.504 e. The average molecular weight is 364 g/mol. The van der Waals surface area contributed by atoms with Crippen molar-refractivity contribution < 1.29 is 34.1 Å². The molecule has 140 valence electrons. The number of benzene rings is 1. The molecule has 0 fully saturated rings. The van der Waals surface area contributed by atoms with Crippen molar-refractivity contribution in [2.75, 3.05) is 13.2 Å². The van der Waals surface area contributed by atoms with Gasteiger partial charge in [0, 0.05) is 0 Å². The van der Waals surface area contributed by atoms with Gasteiger partial charge in [-0.1, -0.05) is 6.07 Å². The second kappa shape index (κ2) is 7.77. The normalized spacial score (nSPS) is 16.6. The van der Waals surface area contributed by atoms with Gasteiger partial charge in [-0.15, -0.1) is 0 Å². The highest BCUT2D eigenvalue weighted by Gasteiger charge is 2.30. The van der Waals surface area contributed by atoms with Gasteiger partial charge in [0.25, 0.3) is 0 Å². The summed E-state index contributed by atoms with van der Waals surface area (Å²) in [6, 6.07) is 1.57. The van der Waals surface area contributed by atoms with E-state index in [0.717, 1.165) is 0 Å². The second-order valence-corrected chi connectivity index (χ2v) is 5.64. The van der Waals surface area contributed by atoms with Gasteiger partial charge in [-0.05, 0) is 32.4 Å². The molecule has 0 bridgehead atoms. The number of rotatable bonds is 5. The summed E-state index contributed by atoms with van der Waals surface area (Å²) in [7, 11) is 0. The van der Waals surface area contributed by atoms with Gasteiger partial charge in [-0.2, -0.15) is 0 Å². The van der Waals surface area contributed by atoms with Crippen LogP contribution in [0.25, 0.3) is 0 Å². The fourth-order valence-corrected chi connectivity index (χ4v) is 2.45. The van der Waals surface area contributed by atoms with E-state index in [4.69, 9.17) is 9.47 Å². The summed E-state index contributed by atoms with van der Waals surface area (Å²) >= 11 is 0. The van der Waals surface area contributed by atoms with E-state index in [2.05, 4.69) is 10.6 Å². The number of esters is 2. The lowest BCUT2D eigenvalue weighted by atomic mass is 10.0. The molecule has 0 saturated carbocycles. The number of phenolic OH excluding ortho intramolecular Hbond substituents is 2. The zero-order valence-corrected chi connectivity index (χ0v) is 14.6. The number of hydrogen-bond acceptors (Lipinski definition) is 7. The molecule has 2 amide bonds. The number of aromatic hydroxyl groups is 2. The van der Waals surface area contributed by atoms with E-state index in [1.807, 2.05) is 0 Å². The van der Waals surface area contributed by atoms with E-state index in [0.29, 0.717) is 5.56 Å². The summed E-state index contributed by atoms with van der Waals surface area (Å²) in [5.74, 6) is -2.59. The van der Waals surface area contributed by atoms with Crippen LogP contribution >= 0.6 is 0 Å². The highest BCUT2D eigenvalue weighted by Crippen LogP contribution is 2.32. The van der Waals surface area contributed by atoms with E-state index >= 15 is 0 Å². The molecule has 0 aromatic heterocycles. The molecule has 1 aromatic rings. The first-order chi connectivity index (χ1) is 12.3. The summed E-state index contributed by atoms with van der Waals surface area (Å²) in [6.07, 6.45) is 0. The van der Waals surface area contributed by atoms with Crippen LogP contribution in [0.2, 0.25) is 0 Å². The van der Waals surface area contributed by atoms with Crippen LogP contribution in [0.1, 0.15) is 29.8 Å². The van der Waals surface area contributed by atoms with Crippen molar-refractivity contribution in [1.29, 1.82) is 0 Å². The Morgan fingerprint density at radius 2 is 1.85 bits per heavy atom. The summed E-state index contributed by atoms with van der Waals surface area (Å²) in [6.45, 7) is 4.53. The van der Waals surface area contributed by atoms with E-state index in [9.17, 15) is 24.6 Å². The van der Waals surface area contributed by atoms with Crippen molar-refractivity contribution in [1.82, 2.24) is 10.6 Å². The molecular formula is C17H20N2O7. The number of hydrogen-bond donors (Lipinski definition) is 4. The lowest BCUT2D eigenvalue weighted by molar-refractivity contribution is -0.139. The van der Waals surface area contributed by atoms with Crippen molar-refractivity contribution in [2.24, 2.45) is 0 Å². The molecule has 0 spiro atoms. The standard InChI is InChI=1S/C17H20N2O7/c1-4-25-16(23)12-9(3)18-17(24)19-11(12)7-26-15(22)10-6-5-8(2)13(20)14(10)21/h5-6,9,20-21H,4,7H2,1-3H3,(H2,18,19,24). The molecule has 1 atom stereocenters. The predicted octanol–water partition coefficient (Wildman–Crippen LogP) is 1.08. The van der Waals surface area contributed by atoms with Gasteiger partial charge < -0.3 is 30.3 Å². The number of aryl methyl sites for hydroxylation is 1. The molecule has 26 heavy (non-hydrogen) atoms. The van der Waals surface area contributed by atoms with Crippen molar-refractivity contribution >= 4 is 18.0 Å². The predicted molar refractivity (Wildman–Crippen MR) is 89.6 cm³/mol. The molecule has 0 radical (unpaired) electrons. The Morgan fingerprint density at radius 1 is 1.15 bits per heavy atom. The minimum absolute atomic E-state index is 0.0869. The fraction of sp³-hybridized carbons (Fsp3) is 0.353. The highest BCUT2D eigenvalue weighted by atomic mass is 16.5. The summed E-state index contributed by atoms with van der Waals surface area (Å²) in [5, 5.41) is 24.5. The van der Waals surface area contributed by atoms with Gasteiger partial charge in [0.1, 0.15) is 12.2 Å². The number of carbonyl (C=O) groups excluding carboxylic acids is 3. The lowest BCUT2D eigenvalue weighted by Crippen LogP contribution is -2.50. The molecule has 1 aromatic carbocycles. The Morgan fingerprint density at radius 3 is 2.50 bits per heavy atom. The van der Waals surface area contributed by atoms with Crippen LogP contribution in [0.3, 0.4) is 0 Å². The molecule has 1 heterocycles. The average Bonchev–Trinajstić information content (AvgIpc) is 2.57. The maximum absolute atomic E-state index is 12.2. The molecule has 0 saturated heterocycles. The molecule has 1 unspecified atom stereocenters. The zero-order chi connectivity index (χ0) is 19.4. The number of urea groups is 1. The van der Waals surface area contributed by atoms with Crippen molar-refractivity contribution in [3.8, 4) is 11.5 Å². The minimum atomic E-state index is -0.922. The van der Waals surface area contributed by atoms with Gasteiger partial charge >= 0.3 is 18.0 Å². The number of carbonyl (C=O) groups is 3.